The van der Waals surface area contributed by atoms with Gasteiger partial charge in [-0.3, -0.25) is 0 Å². The molecule has 0 saturated carbocycles. The highest BCUT2D eigenvalue weighted by Crippen LogP contribution is 2.43. The third kappa shape index (κ3) is 6.16. The van der Waals surface area contributed by atoms with Crippen molar-refractivity contribution in [2.45, 2.75) is 79.1 Å². The highest BCUT2D eigenvalue weighted by molar-refractivity contribution is 6.11. The third-order valence-electron chi connectivity index (χ3n) is 5.84. The molecule has 0 fully saturated rings. The highest BCUT2D eigenvalue weighted by atomic mass is 16.5. The summed E-state index contributed by atoms with van der Waals surface area (Å²) in [6.07, 6.45) is 17.5. The fraction of sp³-hybridized carbons (Fsp3) is 0.400. The van der Waals surface area contributed by atoms with E-state index < -0.39 is 0 Å². The van der Waals surface area contributed by atoms with E-state index in [1.54, 1.807) is 0 Å². The van der Waals surface area contributed by atoms with Crippen LogP contribution >= 0.6 is 0 Å². The van der Waals surface area contributed by atoms with E-state index in [2.05, 4.69) is 76.2 Å². The molecular weight excluding hydrogens is 392 g/mol. The summed E-state index contributed by atoms with van der Waals surface area (Å²) in [6.45, 7) is 8.70. The Hall–Kier alpha value is -2.74. The first-order valence-electron chi connectivity index (χ1n) is 12.3. The predicted octanol–water partition coefficient (Wildman–Crippen LogP) is 9.56. The molecule has 0 spiro atoms. The van der Waals surface area contributed by atoms with Gasteiger partial charge in [0.1, 0.15) is 11.5 Å². The fourth-order valence-electron chi connectivity index (χ4n) is 4.02. The van der Waals surface area contributed by atoms with Gasteiger partial charge in [-0.15, -0.1) is 0 Å². The van der Waals surface area contributed by atoms with Crippen molar-refractivity contribution in [1.82, 2.24) is 0 Å². The second-order valence-corrected chi connectivity index (χ2v) is 8.73. The molecule has 32 heavy (non-hydrogen) atoms. The van der Waals surface area contributed by atoms with Gasteiger partial charge in [-0.1, -0.05) is 74.9 Å². The number of benzene rings is 3. The third-order valence-corrected chi connectivity index (χ3v) is 5.84. The topological polar surface area (TPSA) is 18.5 Å². The first-order chi connectivity index (χ1) is 15.7. The van der Waals surface area contributed by atoms with Gasteiger partial charge >= 0.3 is 0 Å². The molecule has 0 aliphatic rings. The molecule has 0 amide bonds. The quantitative estimate of drug-likeness (QED) is 0.162. The van der Waals surface area contributed by atoms with Crippen LogP contribution in [0.25, 0.3) is 21.5 Å². The summed E-state index contributed by atoms with van der Waals surface area (Å²) in [5, 5.41) is 4.35. The number of hydrogen-bond acceptors (Lipinski definition) is 2. The number of fused-ring (bicyclic) bond motifs is 2. The first kappa shape index (κ1) is 23.9. The lowest BCUT2D eigenvalue weighted by molar-refractivity contribution is 0.481. The van der Waals surface area contributed by atoms with Crippen LogP contribution in [0.2, 0.25) is 0 Å². The first-order valence-corrected chi connectivity index (χ1v) is 12.3. The second-order valence-electron chi connectivity index (χ2n) is 8.73. The van der Waals surface area contributed by atoms with Crippen molar-refractivity contribution in [2.24, 2.45) is 0 Å². The van der Waals surface area contributed by atoms with E-state index in [-0.39, 0.29) is 0 Å². The van der Waals surface area contributed by atoms with Crippen LogP contribution in [0, 0.1) is 13.8 Å². The van der Waals surface area contributed by atoms with Gasteiger partial charge in [-0.2, -0.15) is 0 Å². The van der Waals surface area contributed by atoms with E-state index in [1.807, 2.05) is 12.5 Å². The lowest BCUT2D eigenvalue weighted by Crippen LogP contribution is -1.93. The molecule has 0 atom stereocenters. The Balaban J connectivity index is 2.02. The van der Waals surface area contributed by atoms with Crippen molar-refractivity contribution in [3.8, 4) is 11.5 Å². The number of ether oxygens (including phenoxy) is 2. The maximum Gasteiger partial charge on any atom is 0.142 e. The van der Waals surface area contributed by atoms with Crippen LogP contribution in [-0.4, -0.2) is 0 Å². The van der Waals surface area contributed by atoms with Crippen molar-refractivity contribution >= 4 is 21.5 Å². The van der Waals surface area contributed by atoms with Gasteiger partial charge in [-0.05, 0) is 63.8 Å². The van der Waals surface area contributed by atoms with Crippen molar-refractivity contribution < 1.29 is 9.47 Å². The molecule has 0 bridgehead atoms. The van der Waals surface area contributed by atoms with Gasteiger partial charge in [0.15, 0.2) is 0 Å². The number of rotatable bonds is 12. The molecule has 3 aromatic rings. The summed E-state index contributed by atoms with van der Waals surface area (Å²) in [5.41, 5.74) is 2.42. The largest absolute Gasteiger partial charge is 0.464 e. The minimum atomic E-state index is 0.904. The number of unbranched alkanes of at least 4 members (excludes halogenated alkanes) is 6. The number of aryl methyl sites for hydroxylation is 2. The highest BCUT2D eigenvalue weighted by Gasteiger charge is 2.16. The second kappa shape index (κ2) is 12.3. The van der Waals surface area contributed by atoms with Gasteiger partial charge in [-0.25, -0.2) is 0 Å². The molecule has 0 aromatic heterocycles. The summed E-state index contributed by atoms with van der Waals surface area (Å²) >= 11 is 0. The minimum absolute atomic E-state index is 0.904. The molecule has 0 aliphatic heterocycles. The van der Waals surface area contributed by atoms with Crippen molar-refractivity contribution in [3.63, 3.8) is 0 Å². The standard InChI is InChI=1S/C30H38O2/c1-5-7-9-11-13-19-31-29-25-17-15-23(3)21-27(25)30(32-20-14-12-10-8-6-2)28-22-24(4)16-18-26(28)29/h13-22H,5-12H2,1-4H3/b19-13+,20-14+. The van der Waals surface area contributed by atoms with E-state index >= 15 is 0 Å². The molecule has 170 valence electrons. The number of hydrogen-bond donors (Lipinski definition) is 0. The minimum Gasteiger partial charge on any atom is -0.464 e. The Morgan fingerprint density at radius 2 is 1.03 bits per heavy atom. The van der Waals surface area contributed by atoms with E-state index in [4.69, 9.17) is 9.47 Å². The van der Waals surface area contributed by atoms with Crippen LogP contribution in [0.3, 0.4) is 0 Å². The van der Waals surface area contributed by atoms with E-state index in [1.165, 1.54) is 49.7 Å². The van der Waals surface area contributed by atoms with Crippen LogP contribution in [0.15, 0.2) is 61.1 Å². The molecule has 3 aromatic carbocycles. The summed E-state index contributed by atoms with van der Waals surface area (Å²) < 4.78 is 12.6. The van der Waals surface area contributed by atoms with Gasteiger partial charge in [0, 0.05) is 21.5 Å². The van der Waals surface area contributed by atoms with Gasteiger partial charge in [0.25, 0.3) is 0 Å². The Morgan fingerprint density at radius 1 is 0.594 bits per heavy atom. The van der Waals surface area contributed by atoms with E-state index in [0.717, 1.165) is 45.9 Å². The maximum absolute atomic E-state index is 6.29. The molecule has 0 N–H and O–H groups in total. The van der Waals surface area contributed by atoms with Crippen LogP contribution < -0.4 is 9.47 Å². The monoisotopic (exact) mass is 430 g/mol. The molecule has 2 nitrogen and oxygen atoms in total. The smallest absolute Gasteiger partial charge is 0.142 e. The van der Waals surface area contributed by atoms with Crippen LogP contribution in [0.5, 0.6) is 11.5 Å². The Labute approximate surface area is 193 Å². The van der Waals surface area contributed by atoms with Crippen LogP contribution in [0.4, 0.5) is 0 Å². The molecule has 0 aliphatic carbocycles. The lowest BCUT2D eigenvalue weighted by Gasteiger charge is -2.16. The maximum atomic E-state index is 6.29. The molecular formula is C30H38O2. The summed E-state index contributed by atoms with van der Waals surface area (Å²) in [6, 6.07) is 13.0. The fourth-order valence-corrected chi connectivity index (χ4v) is 4.02. The van der Waals surface area contributed by atoms with Crippen molar-refractivity contribution in [1.29, 1.82) is 0 Å². The van der Waals surface area contributed by atoms with Gasteiger partial charge in [0.05, 0.1) is 12.5 Å². The molecule has 2 heteroatoms. The normalized spacial score (nSPS) is 11.9. The summed E-state index contributed by atoms with van der Waals surface area (Å²) in [5.74, 6) is 1.81. The van der Waals surface area contributed by atoms with Crippen molar-refractivity contribution in [2.75, 3.05) is 0 Å². The zero-order valence-corrected chi connectivity index (χ0v) is 20.2. The lowest BCUT2D eigenvalue weighted by atomic mass is 9.98. The molecule has 0 radical (unpaired) electrons. The number of allylic oxidation sites excluding steroid dienone is 2. The Morgan fingerprint density at radius 3 is 1.47 bits per heavy atom. The van der Waals surface area contributed by atoms with Gasteiger partial charge < -0.3 is 9.47 Å². The summed E-state index contributed by atoms with van der Waals surface area (Å²) in [7, 11) is 0. The van der Waals surface area contributed by atoms with Crippen molar-refractivity contribution in [3.05, 3.63) is 72.2 Å². The molecule has 0 saturated heterocycles. The average molecular weight is 431 g/mol. The van der Waals surface area contributed by atoms with E-state index in [9.17, 15) is 0 Å². The van der Waals surface area contributed by atoms with Crippen LogP contribution in [-0.2, 0) is 0 Å². The molecule has 0 heterocycles. The van der Waals surface area contributed by atoms with Crippen LogP contribution in [0.1, 0.15) is 76.3 Å². The van der Waals surface area contributed by atoms with Gasteiger partial charge in [0.2, 0.25) is 0 Å². The molecule has 0 unspecified atom stereocenters. The zero-order valence-electron chi connectivity index (χ0n) is 20.2. The predicted molar refractivity (Wildman–Crippen MR) is 139 cm³/mol. The average Bonchev–Trinajstić information content (AvgIpc) is 2.79. The Kier molecular flexibility index (Phi) is 9.22. The summed E-state index contributed by atoms with van der Waals surface area (Å²) in [4.78, 5) is 0. The zero-order chi connectivity index (χ0) is 22.8. The molecule has 3 rings (SSSR count). The van der Waals surface area contributed by atoms with E-state index in [0.29, 0.717) is 0 Å². The Bertz CT molecular complexity index is 1010. The SMILES string of the molecule is CCCCC/C=C/Oc1c2ccc(C)cc2c(O/C=C/CCCCC)c2cc(C)ccc12.